The highest BCUT2D eigenvalue weighted by Crippen LogP contribution is 2.15. The maximum atomic E-state index is 12.1. The van der Waals surface area contributed by atoms with Crippen LogP contribution < -0.4 is 5.32 Å². The summed E-state index contributed by atoms with van der Waals surface area (Å²) in [5, 5.41) is 9.31. The molecule has 0 aliphatic heterocycles. The van der Waals surface area contributed by atoms with Gasteiger partial charge in [-0.2, -0.15) is 5.10 Å². The first-order valence-electron chi connectivity index (χ1n) is 7.07. The van der Waals surface area contributed by atoms with Gasteiger partial charge in [0.25, 0.3) is 5.91 Å². The van der Waals surface area contributed by atoms with Gasteiger partial charge in [0.15, 0.2) is 0 Å². The first-order valence-corrected chi connectivity index (χ1v) is 7.07. The Morgan fingerprint density at radius 3 is 2.76 bits per heavy atom. The van der Waals surface area contributed by atoms with Crippen molar-refractivity contribution in [2.45, 2.75) is 13.0 Å². The molecule has 0 atom stereocenters. The number of aryl methyl sites for hydroxylation is 1. The number of amides is 1. The molecule has 0 aliphatic rings. The summed E-state index contributed by atoms with van der Waals surface area (Å²) in [6.07, 6.45) is 4.54. The number of hydrogen-bond acceptors (Lipinski definition) is 2. The van der Waals surface area contributed by atoms with Crippen LogP contribution in [0.1, 0.15) is 16.8 Å². The summed E-state index contributed by atoms with van der Waals surface area (Å²) in [5.74, 6) is -0.0266. The molecule has 0 aliphatic carbocycles. The van der Waals surface area contributed by atoms with Gasteiger partial charge in [-0.25, -0.2) is 0 Å². The molecule has 0 unspecified atom stereocenters. The Bertz CT molecular complexity index is 735. The van der Waals surface area contributed by atoms with Crippen molar-refractivity contribution in [3.8, 4) is 0 Å². The molecule has 0 radical (unpaired) electrons. The third kappa shape index (κ3) is 3.28. The standard InChI is InChI=1S/C17H17N3O/c21-17(18-9-3-11-20-12-4-10-19-20)16-8-7-14-5-1-2-6-15(14)13-16/h1-2,4-8,10,12-13H,3,9,11H2,(H,18,21). The quantitative estimate of drug-likeness (QED) is 0.730. The van der Waals surface area contributed by atoms with Gasteiger partial charge >= 0.3 is 0 Å². The Balaban J connectivity index is 1.56. The average molecular weight is 279 g/mol. The van der Waals surface area contributed by atoms with E-state index in [1.165, 1.54) is 0 Å². The Labute approximate surface area is 123 Å². The highest BCUT2D eigenvalue weighted by atomic mass is 16.1. The number of aromatic nitrogens is 2. The Hall–Kier alpha value is -2.62. The van der Waals surface area contributed by atoms with Gasteiger partial charge in [0, 0.05) is 31.0 Å². The molecule has 1 aromatic heterocycles. The van der Waals surface area contributed by atoms with E-state index >= 15 is 0 Å². The summed E-state index contributed by atoms with van der Waals surface area (Å²) in [7, 11) is 0. The molecule has 2 aromatic carbocycles. The molecule has 1 N–H and O–H groups in total. The predicted molar refractivity (Wildman–Crippen MR) is 83.1 cm³/mol. The van der Waals surface area contributed by atoms with Crippen LogP contribution in [0.25, 0.3) is 10.8 Å². The number of nitrogens with one attached hydrogen (secondary N) is 1. The Morgan fingerprint density at radius 2 is 1.95 bits per heavy atom. The van der Waals surface area contributed by atoms with Crippen molar-refractivity contribution in [1.29, 1.82) is 0 Å². The SMILES string of the molecule is O=C(NCCCn1cccn1)c1ccc2ccccc2c1. The van der Waals surface area contributed by atoms with E-state index in [1.807, 2.05) is 59.4 Å². The molecule has 3 aromatic rings. The lowest BCUT2D eigenvalue weighted by Crippen LogP contribution is -2.25. The summed E-state index contributed by atoms with van der Waals surface area (Å²) < 4.78 is 1.86. The Morgan fingerprint density at radius 1 is 1.10 bits per heavy atom. The van der Waals surface area contributed by atoms with Crippen LogP contribution >= 0.6 is 0 Å². The second-order valence-electron chi connectivity index (χ2n) is 4.94. The predicted octanol–water partition coefficient (Wildman–Crippen LogP) is 2.86. The van der Waals surface area contributed by atoms with E-state index in [2.05, 4.69) is 10.4 Å². The van der Waals surface area contributed by atoms with Gasteiger partial charge in [-0.1, -0.05) is 30.3 Å². The molecule has 1 heterocycles. The summed E-state index contributed by atoms with van der Waals surface area (Å²) in [4.78, 5) is 12.1. The van der Waals surface area contributed by atoms with E-state index in [1.54, 1.807) is 6.20 Å². The van der Waals surface area contributed by atoms with Crippen molar-refractivity contribution in [1.82, 2.24) is 15.1 Å². The second kappa shape index (κ2) is 6.22. The molecule has 3 rings (SSSR count). The van der Waals surface area contributed by atoms with Gasteiger partial charge in [-0.05, 0) is 35.4 Å². The fourth-order valence-electron chi connectivity index (χ4n) is 2.31. The molecule has 0 saturated heterocycles. The number of carbonyl (C=O) groups excluding carboxylic acids is 1. The highest BCUT2D eigenvalue weighted by Gasteiger charge is 2.05. The first-order chi connectivity index (χ1) is 10.3. The zero-order valence-corrected chi connectivity index (χ0v) is 11.7. The number of carbonyl (C=O) groups is 1. The van der Waals surface area contributed by atoms with Gasteiger partial charge in [0.05, 0.1) is 0 Å². The molecule has 21 heavy (non-hydrogen) atoms. The zero-order valence-electron chi connectivity index (χ0n) is 11.7. The normalized spacial score (nSPS) is 10.7. The molecule has 4 nitrogen and oxygen atoms in total. The number of rotatable bonds is 5. The van der Waals surface area contributed by atoms with Crippen molar-refractivity contribution in [3.05, 3.63) is 66.5 Å². The van der Waals surface area contributed by atoms with Crippen LogP contribution in [0.2, 0.25) is 0 Å². The van der Waals surface area contributed by atoms with Crippen LogP contribution in [-0.2, 0) is 6.54 Å². The van der Waals surface area contributed by atoms with Gasteiger partial charge in [-0.15, -0.1) is 0 Å². The lowest BCUT2D eigenvalue weighted by Gasteiger charge is -2.06. The van der Waals surface area contributed by atoms with Crippen molar-refractivity contribution >= 4 is 16.7 Å². The van der Waals surface area contributed by atoms with E-state index in [0.29, 0.717) is 12.1 Å². The molecule has 0 fully saturated rings. The molecule has 1 amide bonds. The lowest BCUT2D eigenvalue weighted by molar-refractivity contribution is 0.0952. The molecule has 0 spiro atoms. The van der Waals surface area contributed by atoms with Gasteiger partial charge in [0.1, 0.15) is 0 Å². The number of benzene rings is 2. The molecular formula is C17H17N3O. The van der Waals surface area contributed by atoms with Crippen LogP contribution in [0.4, 0.5) is 0 Å². The van der Waals surface area contributed by atoms with Crippen molar-refractivity contribution in [3.63, 3.8) is 0 Å². The van der Waals surface area contributed by atoms with Gasteiger partial charge in [-0.3, -0.25) is 9.48 Å². The van der Waals surface area contributed by atoms with E-state index in [0.717, 1.165) is 23.7 Å². The molecule has 0 saturated carbocycles. The molecule has 106 valence electrons. The topological polar surface area (TPSA) is 46.9 Å². The van der Waals surface area contributed by atoms with E-state index < -0.39 is 0 Å². The Kier molecular flexibility index (Phi) is 3.96. The summed E-state index contributed by atoms with van der Waals surface area (Å²) in [6, 6.07) is 15.7. The fraction of sp³-hybridized carbons (Fsp3) is 0.176. The van der Waals surface area contributed by atoms with E-state index in [-0.39, 0.29) is 5.91 Å². The molecular weight excluding hydrogens is 262 g/mol. The maximum absolute atomic E-state index is 12.1. The minimum Gasteiger partial charge on any atom is -0.352 e. The largest absolute Gasteiger partial charge is 0.352 e. The monoisotopic (exact) mass is 279 g/mol. The summed E-state index contributed by atoms with van der Waals surface area (Å²) in [5.41, 5.74) is 0.702. The average Bonchev–Trinajstić information content (AvgIpc) is 3.04. The van der Waals surface area contributed by atoms with E-state index in [4.69, 9.17) is 0 Å². The van der Waals surface area contributed by atoms with Gasteiger partial charge in [0.2, 0.25) is 0 Å². The second-order valence-corrected chi connectivity index (χ2v) is 4.94. The van der Waals surface area contributed by atoms with E-state index in [9.17, 15) is 4.79 Å². The van der Waals surface area contributed by atoms with Crippen LogP contribution in [-0.4, -0.2) is 22.2 Å². The maximum Gasteiger partial charge on any atom is 0.251 e. The van der Waals surface area contributed by atoms with Crippen LogP contribution in [0.3, 0.4) is 0 Å². The first kappa shape index (κ1) is 13.4. The third-order valence-electron chi connectivity index (χ3n) is 3.42. The van der Waals surface area contributed by atoms with Crippen LogP contribution in [0, 0.1) is 0 Å². The fourth-order valence-corrected chi connectivity index (χ4v) is 2.31. The van der Waals surface area contributed by atoms with Crippen molar-refractivity contribution in [2.75, 3.05) is 6.54 Å². The van der Waals surface area contributed by atoms with Crippen molar-refractivity contribution < 1.29 is 4.79 Å². The van der Waals surface area contributed by atoms with Crippen LogP contribution in [0.15, 0.2) is 60.9 Å². The number of fused-ring (bicyclic) bond motifs is 1. The summed E-state index contributed by atoms with van der Waals surface area (Å²) >= 11 is 0. The minimum atomic E-state index is -0.0266. The number of hydrogen-bond donors (Lipinski definition) is 1. The molecule has 0 bridgehead atoms. The van der Waals surface area contributed by atoms with Crippen LogP contribution in [0.5, 0.6) is 0 Å². The smallest absolute Gasteiger partial charge is 0.251 e. The van der Waals surface area contributed by atoms with Crippen molar-refractivity contribution in [2.24, 2.45) is 0 Å². The zero-order chi connectivity index (χ0) is 14.5. The number of nitrogens with zero attached hydrogens (tertiary/aromatic N) is 2. The molecule has 4 heteroatoms. The lowest BCUT2D eigenvalue weighted by atomic mass is 10.1. The highest BCUT2D eigenvalue weighted by molar-refractivity contribution is 5.98. The third-order valence-corrected chi connectivity index (χ3v) is 3.42. The minimum absolute atomic E-state index is 0.0266. The summed E-state index contributed by atoms with van der Waals surface area (Å²) in [6.45, 7) is 1.45. The van der Waals surface area contributed by atoms with Gasteiger partial charge < -0.3 is 5.32 Å².